The topological polar surface area (TPSA) is 24.9 Å². The first-order valence-electron chi connectivity index (χ1n) is 10.9. The Bertz CT molecular complexity index is 1040. The lowest BCUT2D eigenvalue weighted by atomic mass is 10.1. The summed E-state index contributed by atoms with van der Waals surface area (Å²) in [5.74, 6) is 0. The number of ether oxygens (including phenoxy) is 2. The Hall–Kier alpha value is -0.930. The molecule has 0 spiro atoms. The molecule has 9 heteroatoms. The number of nitrogens with zero attached hydrogens (tertiary/aromatic N) is 2. The highest BCUT2D eigenvalue weighted by Crippen LogP contribution is 2.64. The summed E-state index contributed by atoms with van der Waals surface area (Å²) in [5.41, 5.74) is 2.30. The van der Waals surface area contributed by atoms with E-state index in [-0.39, 0.29) is 0 Å². The van der Waals surface area contributed by atoms with Crippen molar-refractivity contribution >= 4 is 68.8 Å². The Kier molecular flexibility index (Phi) is 7.47. The summed E-state index contributed by atoms with van der Waals surface area (Å²) in [6, 6.07) is 16.2. The first kappa shape index (κ1) is 23.8. The van der Waals surface area contributed by atoms with Crippen molar-refractivity contribution in [1.82, 2.24) is 9.80 Å². The van der Waals surface area contributed by atoms with Gasteiger partial charge in [0.1, 0.15) is 9.07 Å². The largest absolute Gasteiger partial charge is 0.378 e. The van der Waals surface area contributed by atoms with Gasteiger partial charge in [-0.25, -0.2) is 0 Å². The monoisotopic (exact) mass is 538 g/mol. The van der Waals surface area contributed by atoms with Crippen LogP contribution in [0.15, 0.2) is 53.6 Å². The number of hydrogen-bond acceptors (Lipinski definition) is 6. The minimum atomic E-state index is -0.472. The highest BCUT2D eigenvalue weighted by atomic mass is 35.5. The van der Waals surface area contributed by atoms with Crippen LogP contribution >= 0.6 is 58.9 Å². The number of morpholine rings is 2. The van der Waals surface area contributed by atoms with Crippen LogP contribution in [0.3, 0.4) is 0 Å². The van der Waals surface area contributed by atoms with Crippen molar-refractivity contribution in [2.45, 2.75) is 4.08 Å². The Morgan fingerprint density at radius 2 is 1.33 bits per heavy atom. The summed E-state index contributed by atoms with van der Waals surface area (Å²) in [5, 5.41) is 2.70. The van der Waals surface area contributed by atoms with Crippen LogP contribution in [0.4, 0.5) is 0 Å². The molecular weight excluding hydrogens is 515 g/mol. The van der Waals surface area contributed by atoms with Gasteiger partial charge in [0, 0.05) is 41.1 Å². The van der Waals surface area contributed by atoms with E-state index in [0.29, 0.717) is 13.2 Å². The first-order valence-corrected chi connectivity index (χ1v) is 13.7. The van der Waals surface area contributed by atoms with E-state index in [1.165, 1.54) is 9.93 Å². The maximum absolute atomic E-state index is 6.26. The number of thiocarbonyl (C=S) groups is 1. The van der Waals surface area contributed by atoms with Gasteiger partial charge < -0.3 is 19.3 Å². The third-order valence-corrected chi connectivity index (χ3v) is 10.6. The van der Waals surface area contributed by atoms with E-state index in [1.54, 1.807) is 0 Å². The quantitative estimate of drug-likeness (QED) is 0.444. The van der Waals surface area contributed by atoms with Crippen LogP contribution in [-0.2, 0) is 13.6 Å². The molecule has 0 bridgehead atoms. The Morgan fingerprint density at radius 3 is 1.94 bits per heavy atom. The molecule has 0 amide bonds. The summed E-state index contributed by atoms with van der Waals surface area (Å²) in [7, 11) is 0. The highest BCUT2D eigenvalue weighted by molar-refractivity contribution is 8.28. The summed E-state index contributed by atoms with van der Waals surface area (Å²) in [6.07, 6.45) is 0. The molecule has 3 aliphatic rings. The molecule has 3 aliphatic heterocycles. The minimum Gasteiger partial charge on any atom is -0.378 e. The Balaban J connectivity index is 1.59. The summed E-state index contributed by atoms with van der Waals surface area (Å²) in [6.45, 7) is 6.17. The molecule has 5 rings (SSSR count). The number of thioether (sulfide) groups is 2. The summed E-state index contributed by atoms with van der Waals surface area (Å²) < 4.78 is 10.8. The minimum absolute atomic E-state index is 0.472. The molecule has 4 nitrogen and oxygen atoms in total. The molecule has 0 saturated carbocycles. The Morgan fingerprint density at radius 1 is 0.788 bits per heavy atom. The molecule has 174 valence electrons. The first-order chi connectivity index (χ1) is 16.1. The van der Waals surface area contributed by atoms with E-state index >= 15 is 0 Å². The van der Waals surface area contributed by atoms with Gasteiger partial charge in [0.05, 0.1) is 31.5 Å². The van der Waals surface area contributed by atoms with Crippen molar-refractivity contribution in [1.29, 1.82) is 0 Å². The van der Waals surface area contributed by atoms with Gasteiger partial charge in [-0.1, -0.05) is 83.2 Å². The molecule has 2 aromatic carbocycles. The van der Waals surface area contributed by atoms with Gasteiger partial charge in [-0.2, -0.15) is 0 Å². The third-order valence-electron chi connectivity index (χ3n) is 5.89. The molecule has 1 unspecified atom stereocenters. The Labute approximate surface area is 218 Å². The normalized spacial score (nSPS) is 23.8. The van der Waals surface area contributed by atoms with Crippen molar-refractivity contribution in [2.75, 3.05) is 52.6 Å². The van der Waals surface area contributed by atoms with Crippen molar-refractivity contribution in [3.05, 3.63) is 74.7 Å². The molecular formula is C24H24Cl2N2O2S3. The second kappa shape index (κ2) is 10.4. The summed E-state index contributed by atoms with van der Waals surface area (Å²) >= 11 is 22.4. The second-order valence-corrected chi connectivity index (χ2v) is 11.9. The van der Waals surface area contributed by atoms with Crippen LogP contribution in [0.5, 0.6) is 0 Å². The van der Waals surface area contributed by atoms with E-state index in [9.17, 15) is 0 Å². The van der Waals surface area contributed by atoms with Crippen molar-refractivity contribution in [3.8, 4) is 0 Å². The number of rotatable bonds is 4. The van der Waals surface area contributed by atoms with Crippen LogP contribution in [0.2, 0.25) is 10.0 Å². The predicted octanol–water partition coefficient (Wildman–Crippen LogP) is 5.94. The van der Waals surface area contributed by atoms with Crippen molar-refractivity contribution in [3.63, 3.8) is 0 Å². The maximum atomic E-state index is 6.26. The zero-order valence-electron chi connectivity index (χ0n) is 18.0. The van der Waals surface area contributed by atoms with Crippen LogP contribution in [0, 0.1) is 0 Å². The van der Waals surface area contributed by atoms with Crippen LogP contribution in [0.25, 0.3) is 4.91 Å². The van der Waals surface area contributed by atoms with Crippen LogP contribution in [-0.4, -0.2) is 67.4 Å². The number of benzene rings is 2. The van der Waals surface area contributed by atoms with E-state index in [4.69, 9.17) is 44.9 Å². The molecule has 3 heterocycles. The fraction of sp³-hybridized carbons (Fsp3) is 0.375. The average Bonchev–Trinajstić information content (AvgIpc) is 3.27. The number of halogens is 2. The van der Waals surface area contributed by atoms with Gasteiger partial charge in [0.2, 0.25) is 0 Å². The van der Waals surface area contributed by atoms with E-state index < -0.39 is 4.08 Å². The van der Waals surface area contributed by atoms with Crippen LogP contribution in [0.1, 0.15) is 11.1 Å². The predicted molar refractivity (Wildman–Crippen MR) is 144 cm³/mol. The van der Waals surface area contributed by atoms with Crippen LogP contribution < -0.4 is 0 Å². The average molecular weight is 540 g/mol. The zero-order valence-corrected chi connectivity index (χ0v) is 21.9. The fourth-order valence-electron chi connectivity index (χ4n) is 4.12. The van der Waals surface area contributed by atoms with Gasteiger partial charge in [-0.15, -0.1) is 0 Å². The fourth-order valence-corrected chi connectivity index (χ4v) is 8.32. The molecule has 0 aliphatic carbocycles. The summed E-state index contributed by atoms with van der Waals surface area (Å²) in [4.78, 5) is 6.89. The molecule has 1 atom stereocenters. The zero-order chi connectivity index (χ0) is 22.8. The van der Waals surface area contributed by atoms with Gasteiger partial charge in [-0.05, 0) is 35.4 Å². The molecule has 0 radical (unpaired) electrons. The lowest BCUT2D eigenvalue weighted by Crippen LogP contribution is -2.47. The van der Waals surface area contributed by atoms with E-state index in [0.717, 1.165) is 65.6 Å². The lowest BCUT2D eigenvalue weighted by molar-refractivity contribution is 0.0580. The smallest absolute Gasteiger partial charge is 0.147 e. The van der Waals surface area contributed by atoms with Gasteiger partial charge in [0.15, 0.2) is 0 Å². The standard InChI is InChI=1S/C24H24Cl2N2O2S3/c25-19-5-1-17(2-6-19)21-22(27-9-13-29-14-10-27)33-24(32-21,18-3-7-20(26)8-4-18)23(31)28-11-15-30-16-12-28/h1-8H,9-16H2. The highest BCUT2D eigenvalue weighted by Gasteiger charge is 2.49. The molecule has 33 heavy (non-hydrogen) atoms. The molecule has 0 N–H and O–H groups in total. The molecule has 2 fully saturated rings. The van der Waals surface area contributed by atoms with E-state index in [1.807, 2.05) is 47.8 Å². The number of hydrogen-bond donors (Lipinski definition) is 0. The van der Waals surface area contributed by atoms with Gasteiger partial charge in [-0.3, -0.25) is 0 Å². The maximum Gasteiger partial charge on any atom is 0.147 e. The van der Waals surface area contributed by atoms with E-state index in [2.05, 4.69) is 34.1 Å². The SMILES string of the molecule is S=C(N1CCOCC1)C1(c2ccc(Cl)cc2)SC(c2ccc(Cl)cc2)=C(N2CCOCC2)S1. The van der Waals surface area contributed by atoms with Gasteiger partial charge in [0.25, 0.3) is 0 Å². The molecule has 2 saturated heterocycles. The van der Waals surface area contributed by atoms with Crippen molar-refractivity contribution < 1.29 is 9.47 Å². The molecule has 2 aromatic rings. The lowest BCUT2D eigenvalue weighted by Gasteiger charge is -2.39. The van der Waals surface area contributed by atoms with Crippen molar-refractivity contribution in [2.24, 2.45) is 0 Å². The van der Waals surface area contributed by atoms with Gasteiger partial charge >= 0.3 is 0 Å². The molecule has 0 aromatic heterocycles. The third kappa shape index (κ3) is 4.92. The second-order valence-electron chi connectivity index (χ2n) is 7.97.